The predicted molar refractivity (Wildman–Crippen MR) is 88.9 cm³/mol. The Kier molecular flexibility index (Phi) is 4.47. The van der Waals surface area contributed by atoms with Gasteiger partial charge in [-0.25, -0.2) is 13.1 Å². The largest absolute Gasteiger partial charge is 0.336 e. The molecule has 1 aliphatic heterocycles. The number of piperidine rings is 1. The number of rotatable bonds is 4. The van der Waals surface area contributed by atoms with Crippen molar-refractivity contribution in [3.8, 4) is 0 Å². The summed E-state index contributed by atoms with van der Waals surface area (Å²) in [5.74, 6) is -0.0572. The van der Waals surface area contributed by atoms with Gasteiger partial charge in [0.15, 0.2) is 0 Å². The lowest BCUT2D eigenvalue weighted by Crippen LogP contribution is -2.42. The van der Waals surface area contributed by atoms with Gasteiger partial charge in [0.05, 0.1) is 4.90 Å². The summed E-state index contributed by atoms with van der Waals surface area (Å²) in [4.78, 5) is 14.9. The van der Waals surface area contributed by atoms with Crippen LogP contribution in [0.4, 0.5) is 0 Å². The van der Waals surface area contributed by atoms with E-state index in [1.807, 2.05) is 11.8 Å². The first-order chi connectivity index (χ1) is 10.9. The van der Waals surface area contributed by atoms with Crippen LogP contribution < -0.4 is 4.72 Å². The van der Waals surface area contributed by atoms with Crippen LogP contribution in [0.5, 0.6) is 0 Å². The molecule has 0 unspecified atom stereocenters. The number of hydrogen-bond acceptors (Lipinski definition) is 3. The molecule has 3 rings (SSSR count). The third kappa shape index (κ3) is 3.58. The maximum Gasteiger partial charge on any atom is 0.254 e. The first-order valence-corrected chi connectivity index (χ1v) is 9.81. The fraction of sp³-hybridized carbons (Fsp3) is 0.588. The van der Waals surface area contributed by atoms with E-state index >= 15 is 0 Å². The van der Waals surface area contributed by atoms with Crippen molar-refractivity contribution in [2.24, 2.45) is 0 Å². The summed E-state index contributed by atoms with van der Waals surface area (Å²) in [7, 11) is -3.53. The fourth-order valence-electron chi connectivity index (χ4n) is 3.04. The van der Waals surface area contributed by atoms with Gasteiger partial charge >= 0.3 is 0 Å². The summed E-state index contributed by atoms with van der Waals surface area (Å²) in [6.07, 6.45) is 4.94. The van der Waals surface area contributed by atoms with Gasteiger partial charge in [-0.3, -0.25) is 4.79 Å². The molecule has 2 fully saturated rings. The van der Waals surface area contributed by atoms with E-state index in [1.165, 1.54) is 6.07 Å². The fourth-order valence-corrected chi connectivity index (χ4v) is 4.37. The van der Waals surface area contributed by atoms with Gasteiger partial charge in [0.25, 0.3) is 5.91 Å². The van der Waals surface area contributed by atoms with E-state index in [2.05, 4.69) is 11.6 Å². The van der Waals surface area contributed by atoms with Crippen LogP contribution in [0, 0.1) is 6.92 Å². The Hall–Kier alpha value is -1.40. The van der Waals surface area contributed by atoms with E-state index < -0.39 is 10.0 Å². The Labute approximate surface area is 138 Å². The molecule has 1 aromatic carbocycles. The Balaban J connectivity index is 1.89. The van der Waals surface area contributed by atoms with Gasteiger partial charge in [-0.15, -0.1) is 0 Å². The van der Waals surface area contributed by atoms with Crippen LogP contribution in [0.15, 0.2) is 23.1 Å². The molecule has 1 saturated carbocycles. The Morgan fingerprint density at radius 3 is 2.61 bits per heavy atom. The van der Waals surface area contributed by atoms with E-state index in [0.717, 1.165) is 44.2 Å². The van der Waals surface area contributed by atoms with Crippen molar-refractivity contribution in [1.82, 2.24) is 9.62 Å². The predicted octanol–water partition coefficient (Wildman–Crippen LogP) is 2.45. The van der Waals surface area contributed by atoms with Crippen molar-refractivity contribution in [2.45, 2.75) is 62.9 Å². The van der Waals surface area contributed by atoms with Crippen molar-refractivity contribution in [3.05, 3.63) is 29.3 Å². The van der Waals surface area contributed by atoms with Gasteiger partial charge < -0.3 is 4.90 Å². The standard InChI is InChI=1S/C17H24N2O3S/c1-12-6-9-15(23(21,22)18-14-7-8-14)11-16(12)17(20)19-10-4-3-5-13(19)2/h6,9,11,13-14,18H,3-5,7-8,10H2,1-2H3/t13-/m1/s1. The number of aryl methyl sites for hydroxylation is 1. The smallest absolute Gasteiger partial charge is 0.254 e. The average molecular weight is 336 g/mol. The van der Waals surface area contributed by atoms with E-state index in [4.69, 9.17) is 0 Å². The number of nitrogens with zero attached hydrogens (tertiary/aromatic N) is 1. The number of hydrogen-bond donors (Lipinski definition) is 1. The molecule has 0 spiro atoms. The quantitative estimate of drug-likeness (QED) is 0.918. The number of carbonyl (C=O) groups excluding carboxylic acids is 1. The number of nitrogens with one attached hydrogen (secondary N) is 1. The van der Waals surface area contributed by atoms with Gasteiger partial charge in [-0.1, -0.05) is 6.07 Å². The van der Waals surface area contributed by atoms with E-state index in [1.54, 1.807) is 12.1 Å². The third-order valence-corrected chi connectivity index (χ3v) is 6.23. The molecule has 1 amide bonds. The summed E-state index contributed by atoms with van der Waals surface area (Å²) in [6.45, 7) is 4.66. The first-order valence-electron chi connectivity index (χ1n) is 8.32. The Morgan fingerprint density at radius 2 is 1.96 bits per heavy atom. The second kappa shape index (κ2) is 6.24. The molecule has 0 aromatic heterocycles. The molecule has 1 N–H and O–H groups in total. The Morgan fingerprint density at radius 1 is 1.22 bits per heavy atom. The minimum Gasteiger partial charge on any atom is -0.336 e. The molecule has 23 heavy (non-hydrogen) atoms. The molecule has 6 heteroatoms. The molecule has 5 nitrogen and oxygen atoms in total. The summed E-state index contributed by atoms with van der Waals surface area (Å²) < 4.78 is 27.4. The topological polar surface area (TPSA) is 66.5 Å². The van der Waals surface area contributed by atoms with Crippen LogP contribution in [0.25, 0.3) is 0 Å². The number of carbonyl (C=O) groups is 1. The SMILES string of the molecule is Cc1ccc(S(=O)(=O)NC2CC2)cc1C(=O)N1CCCC[C@H]1C. The maximum absolute atomic E-state index is 12.9. The first kappa shape index (κ1) is 16.5. The molecule has 1 heterocycles. The number of likely N-dealkylation sites (tertiary alicyclic amines) is 1. The second-order valence-electron chi connectivity index (χ2n) is 6.72. The lowest BCUT2D eigenvalue weighted by molar-refractivity contribution is 0.0634. The normalized spacial score (nSPS) is 22.2. The van der Waals surface area contributed by atoms with E-state index in [0.29, 0.717) is 5.56 Å². The zero-order valence-corrected chi connectivity index (χ0v) is 14.5. The molecule has 0 radical (unpaired) electrons. The summed E-state index contributed by atoms with van der Waals surface area (Å²) in [5.41, 5.74) is 1.32. The highest BCUT2D eigenvalue weighted by Gasteiger charge is 2.30. The van der Waals surface area contributed by atoms with E-state index in [-0.39, 0.29) is 22.9 Å². The molecule has 1 saturated heterocycles. The highest BCUT2D eigenvalue weighted by Crippen LogP contribution is 2.25. The van der Waals surface area contributed by atoms with Gasteiger partial charge in [0, 0.05) is 24.2 Å². The zero-order valence-electron chi connectivity index (χ0n) is 13.7. The minimum atomic E-state index is -3.53. The minimum absolute atomic E-state index is 0.0572. The average Bonchev–Trinajstić information content (AvgIpc) is 3.30. The van der Waals surface area contributed by atoms with Crippen molar-refractivity contribution in [1.29, 1.82) is 0 Å². The summed E-state index contributed by atoms with van der Waals surface area (Å²) in [5, 5.41) is 0. The highest BCUT2D eigenvalue weighted by molar-refractivity contribution is 7.89. The number of amides is 1. The van der Waals surface area contributed by atoms with Crippen LogP contribution in [0.3, 0.4) is 0 Å². The summed E-state index contributed by atoms with van der Waals surface area (Å²) in [6, 6.07) is 5.10. The zero-order chi connectivity index (χ0) is 16.6. The Bertz CT molecular complexity index is 711. The van der Waals surface area contributed by atoms with Crippen LogP contribution in [-0.4, -0.2) is 37.9 Å². The van der Waals surface area contributed by atoms with Crippen LogP contribution in [0.2, 0.25) is 0 Å². The molecule has 1 atom stereocenters. The lowest BCUT2D eigenvalue weighted by atomic mass is 10.0. The number of sulfonamides is 1. The molecule has 0 bridgehead atoms. The van der Waals surface area contributed by atoms with E-state index in [9.17, 15) is 13.2 Å². The van der Waals surface area contributed by atoms with Crippen molar-refractivity contribution in [2.75, 3.05) is 6.54 Å². The summed E-state index contributed by atoms with van der Waals surface area (Å²) >= 11 is 0. The molecule has 1 aliphatic carbocycles. The third-order valence-electron chi connectivity index (χ3n) is 4.71. The second-order valence-corrected chi connectivity index (χ2v) is 8.43. The van der Waals surface area contributed by atoms with Gasteiger partial charge in [0.1, 0.15) is 0 Å². The molecular formula is C17H24N2O3S. The van der Waals surface area contributed by atoms with Gasteiger partial charge in [-0.2, -0.15) is 0 Å². The molecule has 126 valence electrons. The highest BCUT2D eigenvalue weighted by atomic mass is 32.2. The van der Waals surface area contributed by atoms with Crippen molar-refractivity contribution >= 4 is 15.9 Å². The van der Waals surface area contributed by atoms with Crippen LogP contribution >= 0.6 is 0 Å². The monoisotopic (exact) mass is 336 g/mol. The van der Waals surface area contributed by atoms with Gasteiger partial charge in [-0.05, 0) is 63.6 Å². The molecule has 1 aromatic rings. The van der Waals surface area contributed by atoms with Crippen LogP contribution in [0.1, 0.15) is 54.9 Å². The molecule has 2 aliphatic rings. The van der Waals surface area contributed by atoms with Gasteiger partial charge in [0.2, 0.25) is 10.0 Å². The van der Waals surface area contributed by atoms with Crippen molar-refractivity contribution in [3.63, 3.8) is 0 Å². The van der Waals surface area contributed by atoms with Crippen molar-refractivity contribution < 1.29 is 13.2 Å². The lowest BCUT2D eigenvalue weighted by Gasteiger charge is -2.34. The number of benzene rings is 1. The maximum atomic E-state index is 12.9. The molecular weight excluding hydrogens is 312 g/mol. The van der Waals surface area contributed by atoms with Crippen LogP contribution in [-0.2, 0) is 10.0 Å².